The average Bonchev–Trinajstić information content (AvgIpc) is 2.80. The third-order valence-corrected chi connectivity index (χ3v) is 4.37. The van der Waals surface area contributed by atoms with Crippen molar-refractivity contribution in [3.8, 4) is 0 Å². The van der Waals surface area contributed by atoms with Crippen LogP contribution in [-0.4, -0.2) is 34.7 Å². The molecule has 0 saturated heterocycles. The fourth-order valence-electron chi connectivity index (χ4n) is 2.17. The lowest BCUT2D eigenvalue weighted by atomic mass is 10.2. The number of aryl methyl sites for hydroxylation is 2. The van der Waals surface area contributed by atoms with Crippen LogP contribution >= 0.6 is 27.5 Å². The summed E-state index contributed by atoms with van der Waals surface area (Å²) in [5, 5.41) is 10.0. The van der Waals surface area contributed by atoms with Crippen LogP contribution < -0.4 is 10.6 Å². The van der Waals surface area contributed by atoms with Gasteiger partial charge in [-0.3, -0.25) is 14.3 Å². The lowest BCUT2D eigenvalue weighted by Gasteiger charge is -2.07. The molecule has 1 aromatic carbocycles. The van der Waals surface area contributed by atoms with Crippen molar-refractivity contribution < 1.29 is 9.59 Å². The van der Waals surface area contributed by atoms with Crippen LogP contribution in [0.3, 0.4) is 0 Å². The largest absolute Gasteiger partial charge is 0.352 e. The maximum absolute atomic E-state index is 12.1. The second kappa shape index (κ2) is 8.30. The molecule has 2 aromatic rings. The average molecular weight is 414 g/mol. The molecule has 0 aliphatic carbocycles. The molecule has 0 unspecified atom stereocenters. The van der Waals surface area contributed by atoms with Gasteiger partial charge in [-0.15, -0.1) is 0 Å². The first-order valence-corrected chi connectivity index (χ1v) is 8.58. The van der Waals surface area contributed by atoms with E-state index in [2.05, 4.69) is 31.7 Å². The van der Waals surface area contributed by atoms with Crippen LogP contribution in [0.5, 0.6) is 0 Å². The maximum atomic E-state index is 12.1. The normalized spacial score (nSPS) is 10.5. The molecule has 2 amide bonds. The first-order valence-electron chi connectivity index (χ1n) is 7.41. The minimum absolute atomic E-state index is 0.139. The Kier molecular flexibility index (Phi) is 6.39. The fourth-order valence-corrected chi connectivity index (χ4v) is 2.70. The summed E-state index contributed by atoms with van der Waals surface area (Å²) in [5.74, 6) is -0.398. The molecule has 0 aliphatic rings. The molecular formula is C16H18BrClN4O2. The second-order valence-corrected chi connectivity index (χ2v) is 6.52. The molecule has 0 atom stereocenters. The highest BCUT2D eigenvalue weighted by molar-refractivity contribution is 9.10. The molecule has 0 saturated carbocycles. The molecule has 2 N–H and O–H groups in total. The van der Waals surface area contributed by atoms with Gasteiger partial charge >= 0.3 is 0 Å². The van der Waals surface area contributed by atoms with Crippen molar-refractivity contribution in [2.24, 2.45) is 7.05 Å². The van der Waals surface area contributed by atoms with E-state index in [0.717, 1.165) is 4.47 Å². The fraction of sp³-hybridized carbons (Fsp3) is 0.312. The zero-order valence-electron chi connectivity index (χ0n) is 13.4. The van der Waals surface area contributed by atoms with E-state index in [9.17, 15) is 9.59 Å². The summed E-state index contributed by atoms with van der Waals surface area (Å²) in [4.78, 5) is 24.0. The number of nitrogens with zero attached hydrogens (tertiary/aromatic N) is 2. The molecule has 0 bridgehead atoms. The summed E-state index contributed by atoms with van der Waals surface area (Å²) in [6.07, 6.45) is 0.616. The van der Waals surface area contributed by atoms with Crippen molar-refractivity contribution in [1.82, 2.24) is 20.4 Å². The topological polar surface area (TPSA) is 76.0 Å². The maximum Gasteiger partial charge on any atom is 0.256 e. The van der Waals surface area contributed by atoms with Crippen LogP contribution in [0, 0.1) is 6.92 Å². The predicted molar refractivity (Wildman–Crippen MR) is 96.4 cm³/mol. The molecule has 1 heterocycles. The van der Waals surface area contributed by atoms with E-state index in [0.29, 0.717) is 41.5 Å². The number of amides is 2. The Balaban J connectivity index is 1.74. The second-order valence-electron chi connectivity index (χ2n) is 5.25. The van der Waals surface area contributed by atoms with Gasteiger partial charge in [0.25, 0.3) is 11.8 Å². The van der Waals surface area contributed by atoms with Crippen molar-refractivity contribution in [3.05, 3.63) is 50.7 Å². The monoisotopic (exact) mass is 412 g/mol. The van der Waals surface area contributed by atoms with E-state index in [1.54, 1.807) is 26.1 Å². The molecule has 8 heteroatoms. The Hall–Kier alpha value is -1.86. The minimum Gasteiger partial charge on any atom is -0.352 e. The lowest BCUT2D eigenvalue weighted by Crippen LogP contribution is -2.30. The summed E-state index contributed by atoms with van der Waals surface area (Å²) in [6.45, 7) is 2.64. The van der Waals surface area contributed by atoms with E-state index in [4.69, 9.17) is 11.6 Å². The van der Waals surface area contributed by atoms with E-state index in [-0.39, 0.29) is 11.8 Å². The summed E-state index contributed by atoms with van der Waals surface area (Å²) in [5.41, 5.74) is 1.57. The van der Waals surface area contributed by atoms with Crippen LogP contribution in [0.15, 0.2) is 28.7 Å². The Labute approximate surface area is 153 Å². The summed E-state index contributed by atoms with van der Waals surface area (Å²) < 4.78 is 2.38. The molecule has 128 valence electrons. The lowest BCUT2D eigenvalue weighted by molar-refractivity contribution is 0.0951. The van der Waals surface area contributed by atoms with Gasteiger partial charge in [-0.25, -0.2) is 0 Å². The first kappa shape index (κ1) is 18.5. The molecule has 0 fully saturated rings. The number of benzene rings is 1. The number of aromatic nitrogens is 2. The molecule has 24 heavy (non-hydrogen) atoms. The van der Waals surface area contributed by atoms with Gasteiger partial charge in [0.05, 0.1) is 11.3 Å². The van der Waals surface area contributed by atoms with E-state index in [1.165, 1.54) is 4.68 Å². The van der Waals surface area contributed by atoms with Crippen molar-refractivity contribution in [3.63, 3.8) is 0 Å². The molecule has 1 aromatic heterocycles. The van der Waals surface area contributed by atoms with Crippen LogP contribution in [0.4, 0.5) is 0 Å². The van der Waals surface area contributed by atoms with E-state index in [1.807, 2.05) is 12.1 Å². The van der Waals surface area contributed by atoms with Gasteiger partial charge in [-0.2, -0.15) is 5.10 Å². The summed E-state index contributed by atoms with van der Waals surface area (Å²) in [6, 6.07) is 7.12. The summed E-state index contributed by atoms with van der Waals surface area (Å²) >= 11 is 9.37. The quantitative estimate of drug-likeness (QED) is 0.715. The van der Waals surface area contributed by atoms with Crippen molar-refractivity contribution in [2.45, 2.75) is 13.3 Å². The summed E-state index contributed by atoms with van der Waals surface area (Å²) in [7, 11) is 1.68. The highest BCUT2D eigenvalue weighted by Crippen LogP contribution is 2.18. The SMILES string of the molecule is Cc1nn(C)c(Cl)c1C(=O)NCCCNC(=O)c1ccc(Br)cc1. The number of hydrogen-bond acceptors (Lipinski definition) is 3. The zero-order valence-corrected chi connectivity index (χ0v) is 15.7. The Bertz CT molecular complexity index is 743. The highest BCUT2D eigenvalue weighted by atomic mass is 79.9. The third kappa shape index (κ3) is 4.58. The number of rotatable bonds is 6. The predicted octanol–water partition coefficient (Wildman–Crippen LogP) is 2.69. The molecule has 6 nitrogen and oxygen atoms in total. The van der Waals surface area contributed by atoms with Gasteiger partial charge in [0.15, 0.2) is 0 Å². The van der Waals surface area contributed by atoms with Crippen molar-refractivity contribution in [1.29, 1.82) is 0 Å². The Morgan fingerprint density at radius 3 is 2.29 bits per heavy atom. The van der Waals surface area contributed by atoms with Crippen LogP contribution in [0.25, 0.3) is 0 Å². The van der Waals surface area contributed by atoms with E-state index < -0.39 is 0 Å². The van der Waals surface area contributed by atoms with Crippen LogP contribution in [-0.2, 0) is 7.05 Å². The van der Waals surface area contributed by atoms with Gasteiger partial charge in [-0.1, -0.05) is 27.5 Å². The van der Waals surface area contributed by atoms with Crippen LogP contribution in [0.2, 0.25) is 5.15 Å². The minimum atomic E-state index is -0.259. The van der Waals surface area contributed by atoms with Gasteiger partial charge in [0.1, 0.15) is 5.15 Å². The molecule has 0 radical (unpaired) electrons. The van der Waals surface area contributed by atoms with Gasteiger partial charge in [0.2, 0.25) is 0 Å². The number of nitrogens with one attached hydrogen (secondary N) is 2. The number of halogens is 2. The first-order chi connectivity index (χ1) is 11.4. The highest BCUT2D eigenvalue weighted by Gasteiger charge is 2.18. The third-order valence-electron chi connectivity index (χ3n) is 3.41. The molecule has 0 aliphatic heterocycles. The van der Waals surface area contributed by atoms with Crippen LogP contribution in [0.1, 0.15) is 32.8 Å². The number of carbonyl (C=O) groups excluding carboxylic acids is 2. The smallest absolute Gasteiger partial charge is 0.256 e. The standard InChI is InChI=1S/C16H18BrClN4O2/c1-10-13(14(18)22(2)21-10)16(24)20-9-3-8-19-15(23)11-4-6-12(17)7-5-11/h4-7H,3,8-9H2,1-2H3,(H,19,23)(H,20,24). The van der Waals surface area contributed by atoms with E-state index >= 15 is 0 Å². The van der Waals surface area contributed by atoms with Crippen molar-refractivity contribution in [2.75, 3.05) is 13.1 Å². The number of carbonyl (C=O) groups is 2. The zero-order chi connectivity index (χ0) is 17.7. The van der Waals surface area contributed by atoms with Crippen molar-refractivity contribution >= 4 is 39.3 Å². The Morgan fingerprint density at radius 1 is 1.17 bits per heavy atom. The van der Waals surface area contributed by atoms with Gasteiger partial charge < -0.3 is 10.6 Å². The Morgan fingerprint density at radius 2 is 1.75 bits per heavy atom. The number of hydrogen-bond donors (Lipinski definition) is 2. The van der Waals surface area contributed by atoms with Gasteiger partial charge in [-0.05, 0) is 37.6 Å². The molecule has 2 rings (SSSR count). The molecular weight excluding hydrogens is 396 g/mol. The molecule has 0 spiro atoms. The van der Waals surface area contributed by atoms with Gasteiger partial charge in [0, 0.05) is 30.2 Å².